The van der Waals surface area contributed by atoms with Crippen LogP contribution < -0.4 is 10.9 Å². The van der Waals surface area contributed by atoms with E-state index in [9.17, 15) is 9.59 Å². The van der Waals surface area contributed by atoms with Gasteiger partial charge in [-0.2, -0.15) is 0 Å². The number of amides is 2. The van der Waals surface area contributed by atoms with Gasteiger partial charge < -0.3 is 0 Å². The number of benzene rings is 1. The maximum atomic E-state index is 12.2. The van der Waals surface area contributed by atoms with Crippen LogP contribution in [0, 0.1) is 6.92 Å². The van der Waals surface area contributed by atoms with Gasteiger partial charge in [0.15, 0.2) is 0 Å². The number of aromatic nitrogens is 2. The van der Waals surface area contributed by atoms with Crippen LogP contribution in [0.15, 0.2) is 35.4 Å². The zero-order valence-corrected chi connectivity index (χ0v) is 16.4. The molecule has 0 atom stereocenters. The normalized spacial score (nSPS) is 12.8. The van der Waals surface area contributed by atoms with E-state index >= 15 is 0 Å². The van der Waals surface area contributed by atoms with Crippen LogP contribution in [-0.4, -0.2) is 27.5 Å². The molecule has 1 aliphatic rings. The van der Waals surface area contributed by atoms with Crippen LogP contribution >= 0.6 is 23.1 Å². The van der Waals surface area contributed by atoms with Crippen LogP contribution in [0.1, 0.15) is 33.0 Å². The number of carbonyl (C=O) groups excluding carboxylic acids is 2. The van der Waals surface area contributed by atoms with Crippen molar-refractivity contribution in [1.82, 2.24) is 20.8 Å². The largest absolute Gasteiger partial charge is 0.272 e. The lowest BCUT2D eigenvalue weighted by Crippen LogP contribution is -2.42. The third-order valence-electron chi connectivity index (χ3n) is 4.33. The van der Waals surface area contributed by atoms with Crippen molar-refractivity contribution < 1.29 is 9.59 Å². The number of aryl methyl sites for hydroxylation is 3. The first-order chi connectivity index (χ1) is 13.1. The van der Waals surface area contributed by atoms with Gasteiger partial charge in [0.25, 0.3) is 5.91 Å². The summed E-state index contributed by atoms with van der Waals surface area (Å²) in [4.78, 5) is 35.7. The van der Waals surface area contributed by atoms with Crippen molar-refractivity contribution in [3.05, 3.63) is 52.2 Å². The third kappa shape index (κ3) is 3.81. The molecule has 0 bridgehead atoms. The highest BCUT2D eigenvalue weighted by molar-refractivity contribution is 8.00. The zero-order valence-electron chi connectivity index (χ0n) is 14.7. The Bertz CT molecular complexity index is 1020. The van der Waals surface area contributed by atoms with Crippen molar-refractivity contribution >= 4 is 45.1 Å². The predicted molar refractivity (Wildman–Crippen MR) is 107 cm³/mol. The average molecular weight is 399 g/mol. The lowest BCUT2D eigenvalue weighted by molar-refractivity contribution is -0.119. The van der Waals surface area contributed by atoms with Crippen molar-refractivity contribution in [2.75, 3.05) is 5.75 Å². The fourth-order valence-electron chi connectivity index (χ4n) is 3.13. The lowest BCUT2D eigenvalue weighted by atomic mass is 10.2. The molecule has 27 heavy (non-hydrogen) atoms. The number of fused-ring (bicyclic) bond motifs is 3. The molecular formula is C19H18N4O2S2. The first-order valence-electron chi connectivity index (χ1n) is 8.68. The number of nitrogens with one attached hydrogen (secondary N) is 2. The van der Waals surface area contributed by atoms with Crippen LogP contribution in [0.2, 0.25) is 0 Å². The number of nitrogens with zero attached hydrogens (tertiary/aromatic N) is 2. The van der Waals surface area contributed by atoms with E-state index in [-0.39, 0.29) is 17.6 Å². The van der Waals surface area contributed by atoms with Crippen molar-refractivity contribution in [2.45, 2.75) is 31.2 Å². The molecule has 2 N–H and O–H groups in total. The smallest absolute Gasteiger partial charge is 0.269 e. The van der Waals surface area contributed by atoms with Crippen molar-refractivity contribution in [3.63, 3.8) is 0 Å². The van der Waals surface area contributed by atoms with Crippen molar-refractivity contribution in [3.8, 4) is 0 Å². The second-order valence-corrected chi connectivity index (χ2v) is 8.32. The summed E-state index contributed by atoms with van der Waals surface area (Å²) >= 11 is 3.12. The molecule has 0 unspecified atom stereocenters. The molecule has 0 fully saturated rings. The number of hydrogen-bond acceptors (Lipinski definition) is 6. The molecular weight excluding hydrogens is 380 g/mol. The SMILES string of the molecule is Cc1nc(SCC(=O)NNC(=O)c2ccccc2)c2c3c(sc2n1)CCC3. The lowest BCUT2D eigenvalue weighted by Gasteiger charge is -2.08. The molecule has 2 aromatic heterocycles. The van der Waals surface area contributed by atoms with Gasteiger partial charge in [0.05, 0.1) is 5.75 Å². The monoisotopic (exact) mass is 398 g/mol. The molecule has 2 heterocycles. The summed E-state index contributed by atoms with van der Waals surface area (Å²) in [6.07, 6.45) is 3.32. The highest BCUT2D eigenvalue weighted by Gasteiger charge is 2.22. The predicted octanol–water partition coefficient (Wildman–Crippen LogP) is 3.04. The summed E-state index contributed by atoms with van der Waals surface area (Å²) in [7, 11) is 0. The third-order valence-corrected chi connectivity index (χ3v) is 6.50. The first kappa shape index (κ1) is 17.9. The zero-order chi connectivity index (χ0) is 18.8. The highest BCUT2D eigenvalue weighted by Crippen LogP contribution is 2.40. The minimum Gasteiger partial charge on any atom is -0.272 e. The maximum Gasteiger partial charge on any atom is 0.269 e. The van der Waals surface area contributed by atoms with Gasteiger partial charge in [-0.3, -0.25) is 20.4 Å². The number of hydrazine groups is 1. The Labute approximate surface area is 164 Å². The molecule has 1 aromatic carbocycles. The van der Waals surface area contributed by atoms with Gasteiger partial charge in [-0.05, 0) is 43.9 Å². The van der Waals surface area contributed by atoms with Crippen LogP contribution in [0.4, 0.5) is 0 Å². The highest BCUT2D eigenvalue weighted by atomic mass is 32.2. The van der Waals surface area contributed by atoms with Gasteiger partial charge in [-0.1, -0.05) is 30.0 Å². The van der Waals surface area contributed by atoms with E-state index in [1.165, 1.54) is 28.6 Å². The quantitative estimate of drug-likeness (QED) is 0.401. The van der Waals surface area contributed by atoms with Crippen molar-refractivity contribution in [2.24, 2.45) is 0 Å². The summed E-state index contributed by atoms with van der Waals surface area (Å²) in [5, 5.41) is 1.95. The minimum absolute atomic E-state index is 0.172. The van der Waals surface area contributed by atoms with E-state index in [2.05, 4.69) is 20.8 Å². The summed E-state index contributed by atoms with van der Waals surface area (Å²) in [6, 6.07) is 8.75. The number of carbonyl (C=O) groups is 2. The molecule has 0 saturated carbocycles. The molecule has 8 heteroatoms. The standard InChI is InChI=1S/C19H18N4O2S2/c1-11-20-18(16-13-8-5-9-14(13)27-19(16)21-11)26-10-15(24)22-23-17(25)12-6-3-2-4-7-12/h2-4,6-7H,5,8-10H2,1H3,(H,22,24)(H,23,25). The Hall–Kier alpha value is -2.45. The Morgan fingerprint density at radius 1 is 1.15 bits per heavy atom. The van der Waals surface area contributed by atoms with Gasteiger partial charge in [0.2, 0.25) is 5.91 Å². The van der Waals surface area contributed by atoms with E-state index in [0.29, 0.717) is 11.4 Å². The van der Waals surface area contributed by atoms with Crippen molar-refractivity contribution in [1.29, 1.82) is 0 Å². The van der Waals surface area contributed by atoms with Crippen LogP contribution in [0.25, 0.3) is 10.2 Å². The molecule has 2 amide bonds. The Kier molecular flexibility index (Phi) is 5.09. The van der Waals surface area contributed by atoms with Crippen LogP contribution in [0.5, 0.6) is 0 Å². The summed E-state index contributed by atoms with van der Waals surface area (Å²) in [5.74, 6) is 0.263. The van der Waals surface area contributed by atoms with Crippen LogP contribution in [-0.2, 0) is 17.6 Å². The van der Waals surface area contributed by atoms with Gasteiger partial charge >= 0.3 is 0 Å². The fraction of sp³-hybridized carbons (Fsp3) is 0.263. The fourth-order valence-corrected chi connectivity index (χ4v) is 5.40. The number of thioether (sulfide) groups is 1. The topological polar surface area (TPSA) is 84.0 Å². The molecule has 6 nitrogen and oxygen atoms in total. The number of thiophene rings is 1. The summed E-state index contributed by atoms with van der Waals surface area (Å²) in [6.45, 7) is 1.87. The summed E-state index contributed by atoms with van der Waals surface area (Å²) in [5.41, 5.74) is 6.73. The second-order valence-electron chi connectivity index (χ2n) is 6.27. The van der Waals surface area contributed by atoms with E-state index in [0.717, 1.165) is 28.1 Å². The molecule has 138 valence electrons. The van der Waals surface area contributed by atoms with E-state index in [1.54, 1.807) is 35.6 Å². The van der Waals surface area contributed by atoms with E-state index < -0.39 is 0 Å². The summed E-state index contributed by atoms with van der Waals surface area (Å²) < 4.78 is 0. The molecule has 0 aliphatic heterocycles. The van der Waals surface area contributed by atoms with Crippen LogP contribution in [0.3, 0.4) is 0 Å². The van der Waals surface area contributed by atoms with Gasteiger partial charge in [0.1, 0.15) is 15.7 Å². The number of hydrogen-bond donors (Lipinski definition) is 2. The first-order valence-corrected chi connectivity index (χ1v) is 10.5. The van der Waals surface area contributed by atoms with Gasteiger partial charge in [-0.15, -0.1) is 11.3 Å². The van der Waals surface area contributed by atoms with Gasteiger partial charge in [-0.25, -0.2) is 9.97 Å². The van der Waals surface area contributed by atoms with E-state index in [1.807, 2.05) is 13.0 Å². The molecule has 0 saturated heterocycles. The average Bonchev–Trinajstić information content (AvgIpc) is 3.25. The Morgan fingerprint density at radius 3 is 2.78 bits per heavy atom. The second kappa shape index (κ2) is 7.66. The Morgan fingerprint density at radius 2 is 1.96 bits per heavy atom. The maximum absolute atomic E-state index is 12.2. The molecule has 0 spiro atoms. The molecule has 0 radical (unpaired) electrons. The molecule has 1 aliphatic carbocycles. The van der Waals surface area contributed by atoms with Gasteiger partial charge in [0, 0.05) is 15.8 Å². The molecule has 3 aromatic rings. The number of rotatable bonds is 4. The molecule has 4 rings (SSSR count). The Balaban J connectivity index is 1.41. The van der Waals surface area contributed by atoms with E-state index in [4.69, 9.17) is 0 Å². The minimum atomic E-state index is -0.343.